The van der Waals surface area contributed by atoms with Gasteiger partial charge in [-0.3, -0.25) is 14.9 Å². The van der Waals surface area contributed by atoms with Crippen molar-refractivity contribution in [1.82, 2.24) is 0 Å². The van der Waals surface area contributed by atoms with E-state index in [0.29, 0.717) is 5.69 Å². The normalized spacial score (nSPS) is 9.95. The number of nitro groups is 1. The van der Waals surface area contributed by atoms with Crippen molar-refractivity contribution in [3.63, 3.8) is 0 Å². The van der Waals surface area contributed by atoms with Gasteiger partial charge in [0.2, 0.25) is 5.91 Å². The fourth-order valence-corrected chi connectivity index (χ4v) is 1.81. The zero-order valence-electron chi connectivity index (χ0n) is 11.5. The van der Waals surface area contributed by atoms with Crippen molar-refractivity contribution in [2.75, 3.05) is 17.2 Å². The number of nitro benzene ring substituents is 1. The number of aryl methyl sites for hydroxylation is 1. The van der Waals surface area contributed by atoms with Crippen LogP contribution in [0, 0.1) is 17.0 Å². The number of nitrogens with one attached hydrogen (secondary N) is 2. The summed E-state index contributed by atoms with van der Waals surface area (Å²) in [5.41, 5.74) is 2.48. The number of amides is 1. The molecule has 0 fully saturated rings. The third-order valence-electron chi connectivity index (χ3n) is 2.83. The summed E-state index contributed by atoms with van der Waals surface area (Å²) in [6.45, 7) is 2.04. The second-order valence-electron chi connectivity index (χ2n) is 4.58. The Labute approximate surface area is 121 Å². The monoisotopic (exact) mass is 285 g/mol. The van der Waals surface area contributed by atoms with Crippen molar-refractivity contribution in [2.24, 2.45) is 0 Å². The van der Waals surface area contributed by atoms with Gasteiger partial charge >= 0.3 is 0 Å². The Morgan fingerprint density at radius 3 is 2.48 bits per heavy atom. The summed E-state index contributed by atoms with van der Waals surface area (Å²) in [5, 5.41) is 16.2. The summed E-state index contributed by atoms with van der Waals surface area (Å²) in [4.78, 5) is 21.9. The predicted molar refractivity (Wildman–Crippen MR) is 81.4 cm³/mol. The highest BCUT2D eigenvalue weighted by atomic mass is 16.6. The molecule has 1 amide bonds. The molecule has 0 atom stereocenters. The Kier molecular flexibility index (Phi) is 4.50. The molecule has 2 N–H and O–H groups in total. The number of anilines is 2. The van der Waals surface area contributed by atoms with Crippen LogP contribution in [-0.2, 0) is 4.79 Å². The fraction of sp³-hybridized carbons (Fsp3) is 0.133. The van der Waals surface area contributed by atoms with Gasteiger partial charge in [0.1, 0.15) is 0 Å². The molecule has 0 unspecified atom stereocenters. The first kappa shape index (κ1) is 14.5. The van der Waals surface area contributed by atoms with Gasteiger partial charge in [-0.1, -0.05) is 12.1 Å². The lowest BCUT2D eigenvalue weighted by molar-refractivity contribution is -0.384. The van der Waals surface area contributed by atoms with E-state index < -0.39 is 4.92 Å². The van der Waals surface area contributed by atoms with E-state index in [0.717, 1.165) is 11.3 Å². The molecule has 0 radical (unpaired) electrons. The van der Waals surface area contributed by atoms with Crippen molar-refractivity contribution in [3.05, 3.63) is 64.2 Å². The summed E-state index contributed by atoms with van der Waals surface area (Å²) in [5.74, 6) is -0.182. The first-order chi connectivity index (χ1) is 10.0. The van der Waals surface area contributed by atoms with Crippen LogP contribution < -0.4 is 10.6 Å². The molecule has 2 aromatic rings. The Balaban J connectivity index is 1.87. The first-order valence-corrected chi connectivity index (χ1v) is 6.39. The van der Waals surface area contributed by atoms with E-state index in [-0.39, 0.29) is 18.1 Å². The number of hydrogen-bond donors (Lipinski definition) is 2. The van der Waals surface area contributed by atoms with Gasteiger partial charge in [-0.05, 0) is 36.8 Å². The lowest BCUT2D eigenvalue weighted by Gasteiger charge is -2.08. The van der Waals surface area contributed by atoms with Crippen LogP contribution in [-0.4, -0.2) is 17.4 Å². The molecule has 2 rings (SSSR count). The number of non-ortho nitro benzene ring substituents is 1. The van der Waals surface area contributed by atoms with Crippen molar-refractivity contribution in [3.8, 4) is 0 Å². The van der Waals surface area contributed by atoms with Crippen molar-refractivity contribution in [2.45, 2.75) is 6.92 Å². The molecule has 0 heterocycles. The lowest BCUT2D eigenvalue weighted by Crippen LogP contribution is -2.21. The van der Waals surface area contributed by atoms with E-state index in [2.05, 4.69) is 10.6 Å². The number of benzene rings is 2. The van der Waals surface area contributed by atoms with Crippen molar-refractivity contribution >= 4 is 23.0 Å². The van der Waals surface area contributed by atoms with Gasteiger partial charge in [-0.2, -0.15) is 0 Å². The molecule has 6 heteroatoms. The highest BCUT2D eigenvalue weighted by Crippen LogP contribution is 2.15. The van der Waals surface area contributed by atoms with E-state index in [1.165, 1.54) is 12.1 Å². The standard InChI is InChI=1S/C15H15N3O3/c1-11-3-2-4-13(9-11)17-15(19)10-16-12-5-7-14(8-6-12)18(20)21/h2-9,16H,10H2,1H3,(H,17,19). The predicted octanol–water partition coefficient (Wildman–Crippen LogP) is 2.95. The Morgan fingerprint density at radius 2 is 1.86 bits per heavy atom. The number of carbonyl (C=O) groups excluding carboxylic acids is 1. The Bertz CT molecular complexity index is 653. The average Bonchev–Trinajstić information content (AvgIpc) is 2.45. The number of rotatable bonds is 5. The third-order valence-corrected chi connectivity index (χ3v) is 2.83. The fourth-order valence-electron chi connectivity index (χ4n) is 1.81. The molecule has 0 aliphatic heterocycles. The van der Waals surface area contributed by atoms with Gasteiger partial charge in [0.25, 0.3) is 5.69 Å². The highest BCUT2D eigenvalue weighted by molar-refractivity contribution is 5.93. The minimum atomic E-state index is -0.464. The molecule has 21 heavy (non-hydrogen) atoms. The van der Waals surface area contributed by atoms with Gasteiger partial charge in [0, 0.05) is 23.5 Å². The van der Waals surface area contributed by atoms with Crippen LogP contribution in [0.25, 0.3) is 0 Å². The number of nitrogens with zero attached hydrogens (tertiary/aromatic N) is 1. The largest absolute Gasteiger partial charge is 0.376 e. The van der Waals surface area contributed by atoms with Crippen LogP contribution in [0.1, 0.15) is 5.56 Å². The van der Waals surface area contributed by atoms with Crippen molar-refractivity contribution < 1.29 is 9.72 Å². The topological polar surface area (TPSA) is 84.3 Å². The summed E-state index contributed by atoms with van der Waals surface area (Å²) in [7, 11) is 0. The molecular weight excluding hydrogens is 270 g/mol. The number of hydrogen-bond acceptors (Lipinski definition) is 4. The van der Waals surface area contributed by atoms with Gasteiger partial charge in [-0.25, -0.2) is 0 Å². The molecule has 0 bridgehead atoms. The Morgan fingerprint density at radius 1 is 1.14 bits per heavy atom. The molecule has 0 aliphatic rings. The first-order valence-electron chi connectivity index (χ1n) is 6.39. The van der Waals surface area contributed by atoms with Gasteiger partial charge in [-0.15, -0.1) is 0 Å². The molecule has 0 saturated carbocycles. The maximum atomic E-state index is 11.8. The summed E-state index contributed by atoms with van der Waals surface area (Å²) >= 11 is 0. The number of carbonyl (C=O) groups is 1. The Hall–Kier alpha value is -2.89. The van der Waals surface area contributed by atoms with E-state index in [1.807, 2.05) is 31.2 Å². The van der Waals surface area contributed by atoms with Gasteiger partial charge in [0.05, 0.1) is 11.5 Å². The average molecular weight is 285 g/mol. The minimum Gasteiger partial charge on any atom is -0.376 e. The zero-order chi connectivity index (χ0) is 15.2. The van der Waals surface area contributed by atoms with Crippen LogP contribution in [0.2, 0.25) is 0 Å². The van der Waals surface area contributed by atoms with Crippen LogP contribution >= 0.6 is 0 Å². The molecule has 0 saturated heterocycles. The van der Waals surface area contributed by atoms with E-state index >= 15 is 0 Å². The second kappa shape index (κ2) is 6.51. The maximum Gasteiger partial charge on any atom is 0.269 e. The molecule has 0 aromatic heterocycles. The van der Waals surface area contributed by atoms with Crippen LogP contribution in [0.3, 0.4) is 0 Å². The van der Waals surface area contributed by atoms with Gasteiger partial charge in [0.15, 0.2) is 0 Å². The molecular formula is C15H15N3O3. The summed E-state index contributed by atoms with van der Waals surface area (Å²) < 4.78 is 0. The van der Waals surface area contributed by atoms with Crippen molar-refractivity contribution in [1.29, 1.82) is 0 Å². The van der Waals surface area contributed by atoms with E-state index in [9.17, 15) is 14.9 Å². The van der Waals surface area contributed by atoms with E-state index in [1.54, 1.807) is 12.1 Å². The lowest BCUT2D eigenvalue weighted by atomic mass is 10.2. The highest BCUT2D eigenvalue weighted by Gasteiger charge is 2.05. The summed E-state index contributed by atoms with van der Waals surface area (Å²) in [6, 6.07) is 13.4. The summed E-state index contributed by atoms with van der Waals surface area (Å²) in [6.07, 6.45) is 0. The smallest absolute Gasteiger partial charge is 0.269 e. The van der Waals surface area contributed by atoms with Crippen LogP contribution in [0.15, 0.2) is 48.5 Å². The molecule has 6 nitrogen and oxygen atoms in total. The second-order valence-corrected chi connectivity index (χ2v) is 4.58. The quantitative estimate of drug-likeness (QED) is 0.653. The SMILES string of the molecule is Cc1cccc(NC(=O)CNc2ccc([N+](=O)[O-])cc2)c1. The zero-order valence-corrected chi connectivity index (χ0v) is 11.5. The molecule has 0 aliphatic carbocycles. The van der Waals surface area contributed by atoms with Crippen LogP contribution in [0.4, 0.5) is 17.1 Å². The molecule has 108 valence electrons. The van der Waals surface area contributed by atoms with Crippen LogP contribution in [0.5, 0.6) is 0 Å². The maximum absolute atomic E-state index is 11.8. The minimum absolute atomic E-state index is 0.0183. The van der Waals surface area contributed by atoms with Gasteiger partial charge < -0.3 is 10.6 Å². The molecule has 0 spiro atoms. The third kappa shape index (κ3) is 4.31. The molecule has 2 aromatic carbocycles. The van der Waals surface area contributed by atoms with E-state index in [4.69, 9.17) is 0 Å².